The molecule has 0 aliphatic carbocycles. The Morgan fingerprint density at radius 3 is 2.73 bits per heavy atom. The number of nitrogens with one attached hydrogen (secondary N) is 2. The summed E-state index contributed by atoms with van der Waals surface area (Å²) in [6.07, 6.45) is 10.3. The molecule has 176 valence electrons. The van der Waals surface area contributed by atoms with Crippen molar-refractivity contribution in [2.75, 3.05) is 19.0 Å². The molecule has 2 aromatic rings. The largest absolute Gasteiger partial charge is 0.467 e. The molecule has 0 radical (unpaired) electrons. The van der Waals surface area contributed by atoms with E-state index >= 15 is 0 Å². The molecule has 0 bridgehead atoms. The predicted octanol–water partition coefficient (Wildman–Crippen LogP) is 5.38. The van der Waals surface area contributed by atoms with Crippen LogP contribution in [0.2, 0.25) is 10.0 Å². The summed E-state index contributed by atoms with van der Waals surface area (Å²) < 4.78 is 4.83. The lowest BCUT2D eigenvalue weighted by molar-refractivity contribution is -0.142. The van der Waals surface area contributed by atoms with Gasteiger partial charge >= 0.3 is 5.97 Å². The van der Waals surface area contributed by atoms with Crippen LogP contribution in [0.1, 0.15) is 53.7 Å². The van der Waals surface area contributed by atoms with Crippen molar-refractivity contribution in [2.45, 2.75) is 51.0 Å². The number of aromatic nitrogens is 1. The molecule has 0 spiro atoms. The first kappa shape index (κ1) is 25.1. The maximum Gasteiger partial charge on any atom is 0.328 e. The highest BCUT2D eigenvalue weighted by atomic mass is 35.5. The third kappa shape index (κ3) is 7.21. The molecule has 33 heavy (non-hydrogen) atoms. The lowest BCUT2D eigenvalue weighted by Crippen LogP contribution is -2.41. The van der Waals surface area contributed by atoms with Gasteiger partial charge in [-0.1, -0.05) is 47.5 Å². The monoisotopic (exact) mass is 489 g/mol. The van der Waals surface area contributed by atoms with Crippen LogP contribution in [0.25, 0.3) is 0 Å². The van der Waals surface area contributed by atoms with Crippen molar-refractivity contribution in [1.29, 1.82) is 0 Å². The lowest BCUT2D eigenvalue weighted by Gasteiger charge is -2.17. The maximum absolute atomic E-state index is 12.6. The second kappa shape index (κ2) is 12.6. The average Bonchev–Trinajstić information content (AvgIpc) is 2.82. The van der Waals surface area contributed by atoms with E-state index in [1.54, 1.807) is 18.2 Å². The number of halogens is 2. The van der Waals surface area contributed by atoms with Gasteiger partial charge in [0.1, 0.15) is 11.9 Å². The molecule has 0 saturated carbocycles. The normalized spacial score (nSPS) is 13.8. The van der Waals surface area contributed by atoms with Crippen LogP contribution in [0.15, 0.2) is 42.5 Å². The summed E-state index contributed by atoms with van der Waals surface area (Å²) in [6, 6.07) is 8.29. The van der Waals surface area contributed by atoms with Gasteiger partial charge in [-0.25, -0.2) is 9.78 Å². The summed E-state index contributed by atoms with van der Waals surface area (Å²) in [7, 11) is 1.29. The molecular formula is C25H29Cl2N3O3. The number of pyridine rings is 1. The van der Waals surface area contributed by atoms with Gasteiger partial charge in [0.05, 0.1) is 22.7 Å². The minimum absolute atomic E-state index is 0.143. The summed E-state index contributed by atoms with van der Waals surface area (Å²) in [6.45, 7) is 0.993. The van der Waals surface area contributed by atoms with Crippen LogP contribution >= 0.6 is 23.2 Å². The number of aryl methyl sites for hydroxylation is 2. The molecule has 1 aromatic carbocycles. The maximum atomic E-state index is 12.6. The van der Waals surface area contributed by atoms with Crippen molar-refractivity contribution < 1.29 is 14.3 Å². The van der Waals surface area contributed by atoms with Gasteiger partial charge in [-0.2, -0.15) is 0 Å². The van der Waals surface area contributed by atoms with E-state index in [0.29, 0.717) is 6.42 Å². The van der Waals surface area contributed by atoms with Crippen molar-refractivity contribution in [2.24, 2.45) is 0 Å². The Hall–Kier alpha value is -2.57. The molecule has 0 fully saturated rings. The number of anilines is 1. The Morgan fingerprint density at radius 2 is 1.97 bits per heavy atom. The minimum atomic E-state index is -0.821. The SMILES string of the molecule is COC(=O)[C@H](C/C=C/CCCCc1ccc2c(n1)NCCC2)NC(=O)c1c(Cl)cccc1Cl. The topological polar surface area (TPSA) is 80.3 Å². The molecule has 1 atom stereocenters. The second-order valence-corrected chi connectivity index (χ2v) is 8.75. The zero-order valence-electron chi connectivity index (χ0n) is 18.7. The van der Waals surface area contributed by atoms with Crippen molar-refractivity contribution in [3.8, 4) is 0 Å². The highest BCUT2D eigenvalue weighted by molar-refractivity contribution is 6.39. The highest BCUT2D eigenvalue weighted by Crippen LogP contribution is 2.24. The first-order chi connectivity index (χ1) is 16.0. The smallest absolute Gasteiger partial charge is 0.328 e. The van der Waals surface area contributed by atoms with E-state index in [9.17, 15) is 9.59 Å². The van der Waals surface area contributed by atoms with Crippen LogP contribution in [0.3, 0.4) is 0 Å². The molecule has 3 rings (SSSR count). The third-order valence-electron chi connectivity index (χ3n) is 5.52. The van der Waals surface area contributed by atoms with E-state index in [1.165, 1.54) is 12.7 Å². The molecule has 2 heterocycles. The van der Waals surface area contributed by atoms with Crippen LogP contribution in [-0.4, -0.2) is 36.6 Å². The number of amides is 1. The van der Waals surface area contributed by atoms with Crippen molar-refractivity contribution in [3.63, 3.8) is 0 Å². The van der Waals surface area contributed by atoms with E-state index in [4.69, 9.17) is 32.9 Å². The number of methoxy groups -OCH3 is 1. The summed E-state index contributed by atoms with van der Waals surface area (Å²) in [5, 5.41) is 6.49. The fraction of sp³-hybridized carbons (Fsp3) is 0.400. The van der Waals surface area contributed by atoms with E-state index < -0.39 is 17.9 Å². The van der Waals surface area contributed by atoms with Crippen molar-refractivity contribution in [3.05, 3.63) is 69.3 Å². The molecule has 6 nitrogen and oxygen atoms in total. The van der Waals surface area contributed by atoms with Crippen molar-refractivity contribution in [1.82, 2.24) is 10.3 Å². The van der Waals surface area contributed by atoms with Gasteiger partial charge in [-0.3, -0.25) is 4.79 Å². The Balaban J connectivity index is 1.44. The van der Waals surface area contributed by atoms with E-state index in [0.717, 1.165) is 56.6 Å². The third-order valence-corrected chi connectivity index (χ3v) is 6.15. The zero-order valence-corrected chi connectivity index (χ0v) is 20.2. The zero-order chi connectivity index (χ0) is 23.6. The Bertz CT molecular complexity index is 990. The standard InChI is InChI=1S/C25H29Cl2N3O3/c1-33-25(32)21(30-24(31)22-19(26)11-7-12-20(22)27)13-6-4-2-3-5-10-18-15-14-17-9-8-16-28-23(17)29-18/h4,6-7,11-12,14-15,21H,2-3,5,8-10,13,16H2,1H3,(H,28,29)(H,30,31)/b6-4+/t21-/m0/s1. The van der Waals surface area contributed by atoms with Crippen LogP contribution in [0, 0.1) is 0 Å². The van der Waals surface area contributed by atoms with Gasteiger partial charge in [0.15, 0.2) is 0 Å². The summed E-state index contributed by atoms with van der Waals surface area (Å²) in [5.74, 6) is -0.00247. The van der Waals surface area contributed by atoms with Gasteiger partial charge in [0.25, 0.3) is 5.91 Å². The average molecular weight is 490 g/mol. The number of fused-ring (bicyclic) bond motifs is 1. The fourth-order valence-corrected chi connectivity index (χ4v) is 4.30. The molecule has 1 amide bonds. The van der Waals surface area contributed by atoms with E-state index in [1.807, 2.05) is 12.2 Å². The molecule has 1 aliphatic rings. The summed E-state index contributed by atoms with van der Waals surface area (Å²) >= 11 is 12.2. The second-order valence-electron chi connectivity index (χ2n) is 7.94. The number of benzene rings is 1. The highest BCUT2D eigenvalue weighted by Gasteiger charge is 2.23. The Kier molecular flexibility index (Phi) is 9.58. The molecule has 1 aromatic heterocycles. The molecule has 2 N–H and O–H groups in total. The lowest BCUT2D eigenvalue weighted by atomic mass is 10.1. The molecule has 1 aliphatic heterocycles. The molecule has 0 unspecified atom stereocenters. The van der Waals surface area contributed by atoms with Gasteiger partial charge in [-0.15, -0.1) is 0 Å². The molecular weight excluding hydrogens is 461 g/mol. The van der Waals surface area contributed by atoms with Crippen LogP contribution in [0.5, 0.6) is 0 Å². The number of nitrogens with zero attached hydrogens (tertiary/aromatic N) is 1. The van der Waals surface area contributed by atoms with Gasteiger partial charge in [0, 0.05) is 12.2 Å². The first-order valence-electron chi connectivity index (χ1n) is 11.2. The molecule has 0 saturated heterocycles. The predicted molar refractivity (Wildman–Crippen MR) is 132 cm³/mol. The summed E-state index contributed by atoms with van der Waals surface area (Å²) in [4.78, 5) is 29.4. The number of ether oxygens (including phenoxy) is 1. The van der Waals surface area contributed by atoms with Crippen molar-refractivity contribution >= 4 is 40.9 Å². The van der Waals surface area contributed by atoms with Crippen LogP contribution < -0.4 is 10.6 Å². The number of hydrogen-bond acceptors (Lipinski definition) is 5. The van der Waals surface area contributed by atoms with E-state index in [2.05, 4.69) is 22.8 Å². The fourth-order valence-electron chi connectivity index (χ4n) is 3.73. The summed E-state index contributed by atoms with van der Waals surface area (Å²) in [5.41, 5.74) is 2.56. The number of allylic oxidation sites excluding steroid dienone is 1. The Labute approximate surface area is 204 Å². The van der Waals surface area contributed by atoms with E-state index in [-0.39, 0.29) is 15.6 Å². The Morgan fingerprint density at radius 1 is 1.18 bits per heavy atom. The minimum Gasteiger partial charge on any atom is -0.467 e. The van der Waals surface area contributed by atoms with Gasteiger partial charge < -0.3 is 15.4 Å². The number of carbonyl (C=O) groups excluding carboxylic acids is 2. The van der Waals surface area contributed by atoms with Gasteiger partial charge in [0.2, 0.25) is 0 Å². The van der Waals surface area contributed by atoms with Gasteiger partial charge in [-0.05, 0) is 68.7 Å². The number of unbranched alkanes of at least 4 members (excludes halogenated alkanes) is 2. The number of hydrogen-bond donors (Lipinski definition) is 2. The number of carbonyl (C=O) groups is 2. The molecule has 8 heteroatoms. The first-order valence-corrected chi connectivity index (χ1v) is 12.0. The number of esters is 1. The van der Waals surface area contributed by atoms with Crippen LogP contribution in [0.4, 0.5) is 5.82 Å². The van der Waals surface area contributed by atoms with Crippen LogP contribution in [-0.2, 0) is 22.4 Å². The number of rotatable bonds is 10. The quantitative estimate of drug-likeness (QED) is 0.266.